The standard InChI is InChI=1S/C19H24N4O2/c1-15-5-2-6-16(22-15)12-24-17-11-19(25-13-17)7-3-10-23(14-19)18-20-8-4-9-21-18/h2,4-6,8-9,17H,3,7,10-14H2,1H3/t17-,19+/m1/s1. The molecule has 0 radical (unpaired) electrons. The summed E-state index contributed by atoms with van der Waals surface area (Å²) in [5.41, 5.74) is 1.86. The number of hydrogen-bond donors (Lipinski definition) is 0. The summed E-state index contributed by atoms with van der Waals surface area (Å²) < 4.78 is 12.3. The van der Waals surface area contributed by atoms with Gasteiger partial charge in [-0.05, 0) is 38.0 Å². The molecule has 25 heavy (non-hydrogen) atoms. The van der Waals surface area contributed by atoms with Gasteiger partial charge in [0, 0.05) is 37.6 Å². The Morgan fingerprint density at radius 3 is 3.00 bits per heavy atom. The van der Waals surface area contributed by atoms with Gasteiger partial charge < -0.3 is 14.4 Å². The van der Waals surface area contributed by atoms with Gasteiger partial charge in [0.25, 0.3) is 0 Å². The summed E-state index contributed by atoms with van der Waals surface area (Å²) in [6.07, 6.45) is 6.78. The molecule has 2 aliphatic rings. The van der Waals surface area contributed by atoms with Crippen molar-refractivity contribution in [3.05, 3.63) is 48.0 Å². The van der Waals surface area contributed by atoms with Crippen molar-refractivity contribution < 1.29 is 9.47 Å². The first-order valence-electron chi connectivity index (χ1n) is 8.93. The van der Waals surface area contributed by atoms with Crippen LogP contribution in [0.5, 0.6) is 0 Å². The number of aryl methyl sites for hydroxylation is 1. The Balaban J connectivity index is 1.36. The maximum Gasteiger partial charge on any atom is 0.225 e. The largest absolute Gasteiger partial charge is 0.370 e. The highest BCUT2D eigenvalue weighted by Crippen LogP contribution is 2.36. The topological polar surface area (TPSA) is 60.4 Å². The highest BCUT2D eigenvalue weighted by Gasteiger charge is 2.44. The van der Waals surface area contributed by atoms with Crippen LogP contribution in [0.1, 0.15) is 30.7 Å². The maximum atomic E-state index is 6.22. The molecule has 0 aliphatic carbocycles. The molecule has 4 heterocycles. The third-order valence-corrected chi connectivity index (χ3v) is 4.96. The molecule has 0 unspecified atom stereocenters. The van der Waals surface area contributed by atoms with E-state index >= 15 is 0 Å². The molecule has 0 aromatic carbocycles. The van der Waals surface area contributed by atoms with E-state index in [-0.39, 0.29) is 11.7 Å². The second-order valence-corrected chi connectivity index (χ2v) is 6.98. The summed E-state index contributed by atoms with van der Waals surface area (Å²) in [5.74, 6) is 0.790. The van der Waals surface area contributed by atoms with Gasteiger partial charge in [0.2, 0.25) is 5.95 Å². The Morgan fingerprint density at radius 2 is 2.16 bits per heavy atom. The fourth-order valence-corrected chi connectivity index (χ4v) is 3.80. The van der Waals surface area contributed by atoms with E-state index in [2.05, 4.69) is 19.9 Å². The molecule has 6 heteroatoms. The molecule has 0 bridgehead atoms. The van der Waals surface area contributed by atoms with Gasteiger partial charge in [0.15, 0.2) is 0 Å². The van der Waals surface area contributed by atoms with Gasteiger partial charge in [-0.1, -0.05) is 6.07 Å². The lowest BCUT2D eigenvalue weighted by atomic mass is 9.89. The summed E-state index contributed by atoms with van der Waals surface area (Å²) in [4.78, 5) is 15.5. The number of nitrogens with zero attached hydrogens (tertiary/aromatic N) is 4. The molecule has 0 saturated carbocycles. The predicted molar refractivity (Wildman–Crippen MR) is 94.3 cm³/mol. The van der Waals surface area contributed by atoms with E-state index in [0.717, 1.165) is 49.7 Å². The number of hydrogen-bond acceptors (Lipinski definition) is 6. The third kappa shape index (κ3) is 3.80. The zero-order valence-corrected chi connectivity index (χ0v) is 14.6. The van der Waals surface area contributed by atoms with E-state index in [1.807, 2.05) is 31.2 Å². The summed E-state index contributed by atoms with van der Waals surface area (Å²) in [6, 6.07) is 7.87. The van der Waals surface area contributed by atoms with E-state index in [0.29, 0.717) is 13.2 Å². The van der Waals surface area contributed by atoms with Gasteiger partial charge in [-0.2, -0.15) is 0 Å². The molecule has 2 aliphatic heterocycles. The number of piperidine rings is 1. The Bertz CT molecular complexity index is 712. The van der Waals surface area contributed by atoms with Crippen LogP contribution in [0.2, 0.25) is 0 Å². The molecule has 2 aromatic heterocycles. The van der Waals surface area contributed by atoms with Crippen molar-refractivity contribution in [2.75, 3.05) is 24.6 Å². The fourth-order valence-electron chi connectivity index (χ4n) is 3.80. The van der Waals surface area contributed by atoms with Crippen LogP contribution in [0, 0.1) is 6.92 Å². The van der Waals surface area contributed by atoms with Gasteiger partial charge in [0.1, 0.15) is 0 Å². The Kier molecular flexibility index (Phi) is 4.63. The summed E-state index contributed by atoms with van der Waals surface area (Å²) in [5, 5.41) is 0. The van der Waals surface area contributed by atoms with E-state index in [1.165, 1.54) is 0 Å². The second kappa shape index (κ2) is 7.06. The lowest BCUT2D eigenvalue weighted by Crippen LogP contribution is -2.48. The minimum Gasteiger partial charge on any atom is -0.370 e. The predicted octanol–water partition coefficient (Wildman–Crippen LogP) is 2.52. The Labute approximate surface area is 148 Å². The molecule has 4 rings (SSSR count). The fraction of sp³-hybridized carbons (Fsp3) is 0.526. The van der Waals surface area contributed by atoms with Crippen LogP contribution in [-0.2, 0) is 16.1 Å². The monoisotopic (exact) mass is 340 g/mol. The molecular formula is C19H24N4O2. The highest BCUT2D eigenvalue weighted by molar-refractivity contribution is 5.31. The number of pyridine rings is 1. The molecule has 2 atom stereocenters. The van der Waals surface area contributed by atoms with Gasteiger partial charge in [-0.3, -0.25) is 4.98 Å². The third-order valence-electron chi connectivity index (χ3n) is 4.96. The first kappa shape index (κ1) is 16.4. The van der Waals surface area contributed by atoms with E-state index in [4.69, 9.17) is 9.47 Å². The lowest BCUT2D eigenvalue weighted by molar-refractivity contribution is -0.0140. The van der Waals surface area contributed by atoms with Gasteiger partial charge in [0.05, 0.1) is 30.6 Å². The average molecular weight is 340 g/mol. The van der Waals surface area contributed by atoms with Crippen molar-refractivity contribution in [3.63, 3.8) is 0 Å². The first-order chi connectivity index (χ1) is 12.2. The lowest BCUT2D eigenvalue weighted by Gasteiger charge is -2.39. The zero-order valence-electron chi connectivity index (χ0n) is 14.6. The molecular weight excluding hydrogens is 316 g/mol. The number of aromatic nitrogens is 3. The maximum absolute atomic E-state index is 6.22. The molecule has 2 fully saturated rings. The van der Waals surface area contributed by atoms with Crippen molar-refractivity contribution in [2.24, 2.45) is 0 Å². The second-order valence-electron chi connectivity index (χ2n) is 6.98. The zero-order chi connectivity index (χ0) is 17.1. The minimum atomic E-state index is -0.137. The summed E-state index contributed by atoms with van der Waals surface area (Å²) >= 11 is 0. The summed E-state index contributed by atoms with van der Waals surface area (Å²) in [6.45, 7) is 5.00. The van der Waals surface area contributed by atoms with Crippen LogP contribution in [0.15, 0.2) is 36.7 Å². The van der Waals surface area contributed by atoms with Crippen LogP contribution in [0.4, 0.5) is 5.95 Å². The molecule has 1 spiro atoms. The highest BCUT2D eigenvalue weighted by atomic mass is 16.6. The van der Waals surface area contributed by atoms with Crippen molar-refractivity contribution in [1.29, 1.82) is 0 Å². The van der Waals surface area contributed by atoms with Crippen molar-refractivity contribution in [1.82, 2.24) is 15.0 Å². The minimum absolute atomic E-state index is 0.124. The molecule has 2 aromatic rings. The van der Waals surface area contributed by atoms with Gasteiger partial charge >= 0.3 is 0 Å². The average Bonchev–Trinajstić information content (AvgIpc) is 3.03. The van der Waals surface area contributed by atoms with Crippen LogP contribution in [0.3, 0.4) is 0 Å². The Morgan fingerprint density at radius 1 is 1.28 bits per heavy atom. The first-order valence-corrected chi connectivity index (χ1v) is 8.93. The van der Waals surface area contributed by atoms with Gasteiger partial charge in [-0.25, -0.2) is 9.97 Å². The van der Waals surface area contributed by atoms with Crippen LogP contribution in [-0.4, -0.2) is 46.4 Å². The number of anilines is 1. The van der Waals surface area contributed by atoms with Crippen LogP contribution < -0.4 is 4.90 Å². The SMILES string of the molecule is Cc1cccc(CO[C@H]2CO[C@@]3(CCCN(c4ncccn4)C3)C2)n1. The van der Waals surface area contributed by atoms with Crippen molar-refractivity contribution >= 4 is 5.95 Å². The van der Waals surface area contributed by atoms with Crippen molar-refractivity contribution in [2.45, 2.75) is 44.5 Å². The molecule has 6 nitrogen and oxygen atoms in total. The smallest absolute Gasteiger partial charge is 0.225 e. The number of ether oxygens (including phenoxy) is 2. The molecule has 2 saturated heterocycles. The normalized spacial score (nSPS) is 26.3. The van der Waals surface area contributed by atoms with Crippen LogP contribution >= 0.6 is 0 Å². The molecule has 0 N–H and O–H groups in total. The van der Waals surface area contributed by atoms with Crippen LogP contribution in [0.25, 0.3) is 0 Å². The molecule has 132 valence electrons. The van der Waals surface area contributed by atoms with E-state index < -0.39 is 0 Å². The molecule has 0 amide bonds. The Hall–Kier alpha value is -2.05. The van der Waals surface area contributed by atoms with E-state index in [1.54, 1.807) is 12.4 Å². The number of rotatable bonds is 4. The van der Waals surface area contributed by atoms with Crippen molar-refractivity contribution in [3.8, 4) is 0 Å². The quantitative estimate of drug-likeness (QED) is 0.852. The summed E-state index contributed by atoms with van der Waals surface area (Å²) in [7, 11) is 0. The van der Waals surface area contributed by atoms with Gasteiger partial charge in [-0.15, -0.1) is 0 Å². The van der Waals surface area contributed by atoms with E-state index in [9.17, 15) is 0 Å².